The van der Waals surface area contributed by atoms with Crippen LogP contribution in [0, 0.1) is 5.92 Å². The molecule has 2 saturated heterocycles. The quantitative estimate of drug-likeness (QED) is 0.546. The maximum Gasteiger partial charge on any atom is 0.236 e. The number of aromatic nitrogens is 1. The summed E-state index contributed by atoms with van der Waals surface area (Å²) >= 11 is 0. The van der Waals surface area contributed by atoms with E-state index in [1.54, 1.807) is 6.08 Å². The number of rotatable bonds is 5. The lowest BCUT2D eigenvalue weighted by atomic mass is 9.92. The molecule has 0 radical (unpaired) electrons. The van der Waals surface area contributed by atoms with Gasteiger partial charge in [0, 0.05) is 43.4 Å². The van der Waals surface area contributed by atoms with Crippen LogP contribution in [0.2, 0.25) is 0 Å². The number of sulfonamides is 1. The monoisotopic (exact) mass is 479 g/mol. The summed E-state index contributed by atoms with van der Waals surface area (Å²) in [4.78, 5) is 19.7. The van der Waals surface area contributed by atoms with Crippen molar-refractivity contribution in [3.05, 3.63) is 71.5 Å². The van der Waals surface area contributed by atoms with Gasteiger partial charge in [-0.25, -0.2) is 13.4 Å². The minimum atomic E-state index is -3.49. The molecule has 2 aliphatic rings. The van der Waals surface area contributed by atoms with Crippen molar-refractivity contribution in [3.63, 3.8) is 0 Å². The number of piperidine rings is 2. The lowest BCUT2D eigenvalue weighted by Crippen LogP contribution is -2.46. The lowest BCUT2D eigenvalue weighted by Gasteiger charge is -2.36. The van der Waals surface area contributed by atoms with Crippen LogP contribution in [0.4, 0.5) is 0 Å². The molecule has 34 heavy (non-hydrogen) atoms. The van der Waals surface area contributed by atoms with Crippen molar-refractivity contribution in [3.8, 4) is 0 Å². The molecular weight excluding hydrogens is 450 g/mol. The van der Waals surface area contributed by atoms with Gasteiger partial charge in [-0.1, -0.05) is 42.5 Å². The summed E-state index contributed by atoms with van der Waals surface area (Å²) in [5.41, 5.74) is 2.52. The normalized spacial score (nSPS) is 19.2. The predicted octanol–water partition coefficient (Wildman–Crippen LogP) is 4.25. The van der Waals surface area contributed by atoms with Crippen LogP contribution in [0.25, 0.3) is 17.2 Å². The van der Waals surface area contributed by atoms with Gasteiger partial charge in [0.15, 0.2) is 11.5 Å². The first-order valence-corrected chi connectivity index (χ1v) is 13.4. The second kappa shape index (κ2) is 9.72. The molecule has 0 saturated carbocycles. The average Bonchev–Trinajstić information content (AvgIpc) is 3.32. The Morgan fingerprint density at radius 3 is 2.29 bits per heavy atom. The number of nitrogens with zero attached hydrogens (tertiary/aromatic N) is 3. The molecular formula is C26H29N3O4S. The highest BCUT2D eigenvalue weighted by Crippen LogP contribution is 2.31. The molecule has 3 heterocycles. The van der Waals surface area contributed by atoms with Gasteiger partial charge in [-0.05, 0) is 49.5 Å². The fraction of sp³-hybridized carbons (Fsp3) is 0.385. The van der Waals surface area contributed by atoms with Gasteiger partial charge in [0.25, 0.3) is 0 Å². The van der Waals surface area contributed by atoms with E-state index in [2.05, 4.69) is 4.98 Å². The van der Waals surface area contributed by atoms with E-state index in [0.29, 0.717) is 39.0 Å². The molecule has 2 fully saturated rings. The van der Waals surface area contributed by atoms with Crippen molar-refractivity contribution in [1.29, 1.82) is 0 Å². The van der Waals surface area contributed by atoms with Gasteiger partial charge in [-0.15, -0.1) is 0 Å². The van der Waals surface area contributed by atoms with Crippen molar-refractivity contribution in [2.45, 2.75) is 31.6 Å². The van der Waals surface area contributed by atoms with E-state index < -0.39 is 10.0 Å². The van der Waals surface area contributed by atoms with Gasteiger partial charge in [-0.2, -0.15) is 4.31 Å². The highest BCUT2D eigenvalue weighted by molar-refractivity contribution is 7.92. The van der Waals surface area contributed by atoms with Crippen LogP contribution in [-0.2, 0) is 14.8 Å². The summed E-state index contributed by atoms with van der Waals surface area (Å²) in [5, 5.41) is 1.27. The molecule has 2 aliphatic heterocycles. The number of fused-ring (bicyclic) bond motifs is 1. The molecule has 0 unspecified atom stereocenters. The topological polar surface area (TPSA) is 83.7 Å². The Balaban J connectivity index is 1.13. The van der Waals surface area contributed by atoms with Gasteiger partial charge in [0.1, 0.15) is 5.52 Å². The van der Waals surface area contributed by atoms with E-state index in [1.807, 2.05) is 59.5 Å². The number of benzene rings is 2. The third-order valence-electron chi connectivity index (χ3n) is 6.86. The molecule has 0 bridgehead atoms. The number of carbonyl (C=O) groups is 1. The number of oxazole rings is 1. The zero-order chi connectivity index (χ0) is 23.5. The van der Waals surface area contributed by atoms with Crippen molar-refractivity contribution < 1.29 is 17.6 Å². The number of likely N-dealkylation sites (tertiary alicyclic amines) is 1. The molecule has 0 atom stereocenters. The van der Waals surface area contributed by atoms with Gasteiger partial charge in [0.05, 0.1) is 0 Å². The number of para-hydroxylation sites is 2. The fourth-order valence-electron chi connectivity index (χ4n) is 4.84. The third kappa shape index (κ3) is 4.93. The first kappa shape index (κ1) is 22.8. The van der Waals surface area contributed by atoms with E-state index >= 15 is 0 Å². The first-order valence-electron chi connectivity index (χ1n) is 11.9. The zero-order valence-electron chi connectivity index (χ0n) is 19.0. The van der Waals surface area contributed by atoms with Crippen LogP contribution in [0.15, 0.2) is 64.4 Å². The summed E-state index contributed by atoms with van der Waals surface area (Å²) in [6.07, 6.45) is 4.39. The molecule has 8 heteroatoms. The summed E-state index contributed by atoms with van der Waals surface area (Å²) in [6.45, 7) is 2.11. The summed E-state index contributed by atoms with van der Waals surface area (Å²) < 4.78 is 32.8. The Bertz CT molecular complexity index is 1240. The van der Waals surface area contributed by atoms with E-state index in [1.165, 1.54) is 9.71 Å². The molecule has 7 nitrogen and oxygen atoms in total. The van der Waals surface area contributed by atoms with Crippen LogP contribution < -0.4 is 0 Å². The van der Waals surface area contributed by atoms with Crippen molar-refractivity contribution in [2.75, 3.05) is 26.2 Å². The largest absolute Gasteiger partial charge is 0.440 e. The lowest BCUT2D eigenvalue weighted by molar-refractivity contribution is -0.137. The zero-order valence-corrected chi connectivity index (χ0v) is 19.9. The average molecular weight is 480 g/mol. The Hall–Kier alpha value is -2.97. The minimum absolute atomic E-state index is 0.120. The first-order chi connectivity index (χ1) is 16.5. The number of hydrogen-bond donors (Lipinski definition) is 0. The van der Waals surface area contributed by atoms with Crippen molar-refractivity contribution >= 4 is 33.1 Å². The van der Waals surface area contributed by atoms with Crippen LogP contribution in [0.3, 0.4) is 0 Å². The third-order valence-corrected chi connectivity index (χ3v) is 8.43. The molecule has 0 aliphatic carbocycles. The van der Waals surface area contributed by atoms with Gasteiger partial charge in [0.2, 0.25) is 15.9 Å². The van der Waals surface area contributed by atoms with Crippen molar-refractivity contribution in [2.24, 2.45) is 5.92 Å². The summed E-state index contributed by atoms with van der Waals surface area (Å²) in [6, 6.07) is 17.1. The molecule has 5 rings (SSSR count). The van der Waals surface area contributed by atoms with Gasteiger partial charge < -0.3 is 9.32 Å². The van der Waals surface area contributed by atoms with Crippen molar-refractivity contribution in [1.82, 2.24) is 14.2 Å². The van der Waals surface area contributed by atoms with Crippen LogP contribution in [-0.4, -0.2) is 54.7 Å². The summed E-state index contributed by atoms with van der Waals surface area (Å²) in [7, 11) is -3.49. The highest BCUT2D eigenvalue weighted by Gasteiger charge is 2.34. The second-order valence-electron chi connectivity index (χ2n) is 9.05. The fourth-order valence-corrected chi connectivity index (χ4v) is 6.06. The smallest absolute Gasteiger partial charge is 0.236 e. The van der Waals surface area contributed by atoms with E-state index in [4.69, 9.17) is 4.42 Å². The Kier molecular flexibility index (Phi) is 6.52. The molecule has 0 N–H and O–H groups in total. The van der Waals surface area contributed by atoms with Crippen LogP contribution in [0.1, 0.15) is 43.1 Å². The highest BCUT2D eigenvalue weighted by atomic mass is 32.2. The Morgan fingerprint density at radius 2 is 1.59 bits per heavy atom. The molecule has 2 aromatic carbocycles. The number of carbonyl (C=O) groups excluding carboxylic acids is 1. The SMILES string of the molecule is O=C(C1CCN(S(=O)(=O)/C=C/c2ccccc2)CC1)N1CCC(c2nc3ccccc3o2)CC1. The Morgan fingerprint density at radius 1 is 0.912 bits per heavy atom. The van der Waals surface area contributed by atoms with Crippen LogP contribution in [0.5, 0.6) is 0 Å². The molecule has 3 aromatic rings. The predicted molar refractivity (Wildman–Crippen MR) is 131 cm³/mol. The number of hydrogen-bond acceptors (Lipinski definition) is 5. The second-order valence-corrected chi connectivity index (χ2v) is 10.9. The maximum absolute atomic E-state index is 13.1. The van der Waals surface area contributed by atoms with Gasteiger partial charge in [-0.3, -0.25) is 4.79 Å². The molecule has 178 valence electrons. The summed E-state index contributed by atoms with van der Waals surface area (Å²) in [5.74, 6) is 1.01. The molecule has 1 aromatic heterocycles. The van der Waals surface area contributed by atoms with E-state index in [9.17, 15) is 13.2 Å². The minimum Gasteiger partial charge on any atom is -0.440 e. The standard InChI is InChI=1S/C26H29N3O4S/c30-26(28-15-10-21(11-16-28)25-27-23-8-4-5-9-24(23)33-25)22-12-17-29(18-13-22)34(31,32)19-14-20-6-2-1-3-7-20/h1-9,14,19,21-22H,10-13,15-18H2/b19-14+. The molecule has 1 amide bonds. The van der Waals surface area contributed by atoms with E-state index in [-0.39, 0.29) is 17.7 Å². The van der Waals surface area contributed by atoms with Gasteiger partial charge >= 0.3 is 0 Å². The number of amides is 1. The van der Waals surface area contributed by atoms with Crippen LogP contribution >= 0.6 is 0 Å². The molecule has 0 spiro atoms. The van der Waals surface area contributed by atoms with E-state index in [0.717, 1.165) is 35.4 Å². The Labute approximate surface area is 200 Å². The maximum atomic E-state index is 13.1.